The van der Waals surface area contributed by atoms with Crippen LogP contribution >= 0.6 is 0 Å². The molecule has 1 amide bonds. The van der Waals surface area contributed by atoms with Gasteiger partial charge in [-0.2, -0.15) is 0 Å². The summed E-state index contributed by atoms with van der Waals surface area (Å²) in [7, 11) is 0. The molecule has 0 radical (unpaired) electrons. The van der Waals surface area contributed by atoms with Crippen LogP contribution in [0.4, 0.5) is 0 Å². The van der Waals surface area contributed by atoms with E-state index in [4.69, 9.17) is 0 Å². The number of nitrogens with one attached hydrogen (secondary N) is 1. The number of hydrogen-bond acceptors (Lipinski definition) is 4. The predicted molar refractivity (Wildman–Crippen MR) is 78.2 cm³/mol. The Kier molecular flexibility index (Phi) is 2.75. The van der Waals surface area contributed by atoms with Gasteiger partial charge in [-0.25, -0.2) is 9.50 Å². The summed E-state index contributed by atoms with van der Waals surface area (Å²) in [4.78, 5) is 30.7. The summed E-state index contributed by atoms with van der Waals surface area (Å²) in [5.41, 5.74) is 0.0320. The molecule has 0 saturated carbocycles. The van der Waals surface area contributed by atoms with E-state index in [1.807, 2.05) is 13.8 Å². The van der Waals surface area contributed by atoms with Crippen LogP contribution in [0.2, 0.25) is 0 Å². The average Bonchev–Trinajstić information content (AvgIpc) is 2.92. The van der Waals surface area contributed by atoms with Crippen LogP contribution < -0.4 is 5.56 Å². The van der Waals surface area contributed by atoms with Crippen molar-refractivity contribution in [1.29, 1.82) is 0 Å². The minimum atomic E-state index is -1.11. The first-order chi connectivity index (χ1) is 9.70. The summed E-state index contributed by atoms with van der Waals surface area (Å²) >= 11 is 0. The summed E-state index contributed by atoms with van der Waals surface area (Å²) in [5, 5.41) is 12.9. The van der Waals surface area contributed by atoms with E-state index in [0.717, 1.165) is 0 Å². The van der Waals surface area contributed by atoms with Crippen molar-refractivity contribution in [2.24, 2.45) is 0 Å². The Morgan fingerprint density at radius 2 is 2.10 bits per heavy atom. The van der Waals surface area contributed by atoms with Crippen molar-refractivity contribution in [3.05, 3.63) is 33.4 Å². The molecule has 3 rings (SSSR count). The van der Waals surface area contributed by atoms with Gasteiger partial charge in [-0.05, 0) is 27.7 Å². The van der Waals surface area contributed by atoms with Crippen LogP contribution in [0.25, 0.3) is 5.65 Å². The molecular weight excluding hydrogens is 272 g/mol. The van der Waals surface area contributed by atoms with Gasteiger partial charge in [0.2, 0.25) is 0 Å². The third kappa shape index (κ3) is 1.96. The monoisotopic (exact) mass is 292 g/mol. The second-order valence-corrected chi connectivity index (χ2v) is 6.19. The number of carbonyl (C=O) groups is 1. The van der Waals surface area contributed by atoms with Gasteiger partial charge in [0.15, 0.2) is 5.65 Å². The highest BCUT2D eigenvalue weighted by atomic mass is 16.3. The largest absolute Gasteiger partial charge is 0.384 e. The minimum absolute atomic E-state index is 0. The number of hydrogen-bond donors (Lipinski definition) is 2. The molecule has 3 heterocycles. The zero-order valence-corrected chi connectivity index (χ0v) is 12.5. The van der Waals surface area contributed by atoms with Crippen molar-refractivity contribution in [3.63, 3.8) is 0 Å². The molecule has 21 heavy (non-hydrogen) atoms. The third-order valence-corrected chi connectivity index (χ3v) is 3.78. The SMILES string of the molecule is CC(C)N1Cc2c(nc3cc(C(C)(C)O)[nH]n3c2=O)C1=O.[HH]. The van der Waals surface area contributed by atoms with E-state index in [1.54, 1.807) is 24.8 Å². The molecule has 1 aliphatic rings. The number of amides is 1. The fourth-order valence-corrected chi connectivity index (χ4v) is 2.49. The lowest BCUT2D eigenvalue weighted by Crippen LogP contribution is -2.31. The average molecular weight is 292 g/mol. The van der Waals surface area contributed by atoms with Gasteiger partial charge in [-0.1, -0.05) is 0 Å². The zero-order valence-electron chi connectivity index (χ0n) is 12.5. The van der Waals surface area contributed by atoms with Gasteiger partial charge in [-0.15, -0.1) is 0 Å². The molecule has 0 atom stereocenters. The number of fused-ring (bicyclic) bond motifs is 2. The van der Waals surface area contributed by atoms with Crippen molar-refractivity contribution in [2.45, 2.75) is 45.9 Å². The summed E-state index contributed by atoms with van der Waals surface area (Å²) in [6.45, 7) is 7.31. The fraction of sp³-hybridized carbons (Fsp3) is 0.500. The molecule has 1 aliphatic heterocycles. The lowest BCUT2D eigenvalue weighted by molar-refractivity contribution is 0.0724. The molecule has 0 aliphatic carbocycles. The van der Waals surface area contributed by atoms with E-state index in [0.29, 0.717) is 16.9 Å². The van der Waals surface area contributed by atoms with Gasteiger partial charge >= 0.3 is 0 Å². The summed E-state index contributed by atoms with van der Waals surface area (Å²) < 4.78 is 1.28. The quantitative estimate of drug-likeness (QED) is 0.859. The van der Waals surface area contributed by atoms with Gasteiger partial charge in [0, 0.05) is 13.5 Å². The Labute approximate surface area is 122 Å². The first-order valence-electron chi connectivity index (χ1n) is 6.88. The van der Waals surface area contributed by atoms with Gasteiger partial charge in [0.1, 0.15) is 11.3 Å². The Balaban J connectivity index is 0.00000176. The third-order valence-electron chi connectivity index (χ3n) is 3.78. The topological polar surface area (TPSA) is 90.7 Å². The number of aromatic nitrogens is 3. The van der Waals surface area contributed by atoms with Gasteiger partial charge < -0.3 is 10.0 Å². The number of carbonyl (C=O) groups excluding carboxylic acids is 1. The first kappa shape index (κ1) is 13.8. The number of rotatable bonds is 2. The van der Waals surface area contributed by atoms with Crippen LogP contribution in [0.5, 0.6) is 0 Å². The Bertz CT molecular complexity index is 801. The molecule has 114 valence electrons. The maximum atomic E-state index is 12.5. The van der Waals surface area contributed by atoms with E-state index >= 15 is 0 Å². The van der Waals surface area contributed by atoms with Crippen LogP contribution in [0.3, 0.4) is 0 Å². The zero-order chi connectivity index (χ0) is 15.5. The van der Waals surface area contributed by atoms with Crippen LogP contribution in [0, 0.1) is 0 Å². The Morgan fingerprint density at radius 3 is 2.67 bits per heavy atom. The van der Waals surface area contributed by atoms with Crippen molar-refractivity contribution >= 4 is 11.6 Å². The maximum absolute atomic E-state index is 12.5. The van der Waals surface area contributed by atoms with Crippen molar-refractivity contribution in [1.82, 2.24) is 19.5 Å². The number of aromatic amines is 1. The van der Waals surface area contributed by atoms with Gasteiger partial charge in [0.05, 0.1) is 17.8 Å². The normalized spacial score (nSPS) is 15.3. The molecule has 7 nitrogen and oxygen atoms in total. The first-order valence-corrected chi connectivity index (χ1v) is 6.88. The lowest BCUT2D eigenvalue weighted by Gasteiger charge is -2.19. The number of nitrogens with zero attached hydrogens (tertiary/aromatic N) is 3. The second kappa shape index (κ2) is 4.17. The lowest BCUT2D eigenvalue weighted by atomic mass is 10.1. The summed E-state index contributed by atoms with van der Waals surface area (Å²) in [5.74, 6) is -0.217. The molecule has 0 bridgehead atoms. The van der Waals surface area contributed by atoms with Crippen molar-refractivity contribution < 1.29 is 11.3 Å². The molecule has 0 spiro atoms. The predicted octanol–water partition coefficient (Wildman–Crippen LogP) is 0.860. The maximum Gasteiger partial charge on any atom is 0.278 e. The molecule has 0 saturated heterocycles. The van der Waals surface area contributed by atoms with Gasteiger partial charge in [0.25, 0.3) is 11.5 Å². The smallest absolute Gasteiger partial charge is 0.278 e. The van der Waals surface area contributed by atoms with Gasteiger partial charge in [-0.3, -0.25) is 14.7 Å². The van der Waals surface area contributed by atoms with Crippen LogP contribution in [0.1, 0.15) is 50.9 Å². The highest BCUT2D eigenvalue weighted by Crippen LogP contribution is 2.23. The van der Waals surface area contributed by atoms with Crippen LogP contribution in [-0.4, -0.2) is 36.6 Å². The molecule has 0 aromatic carbocycles. The summed E-state index contributed by atoms with van der Waals surface area (Å²) in [6.07, 6.45) is 0. The summed E-state index contributed by atoms with van der Waals surface area (Å²) in [6, 6.07) is 1.61. The molecular formula is C14H20N4O3. The Morgan fingerprint density at radius 1 is 1.43 bits per heavy atom. The van der Waals surface area contributed by atoms with E-state index in [9.17, 15) is 14.7 Å². The molecule has 7 heteroatoms. The Hall–Kier alpha value is -2.15. The minimum Gasteiger partial charge on any atom is -0.384 e. The molecule has 2 aromatic heterocycles. The molecule has 2 aromatic rings. The number of H-pyrrole nitrogens is 1. The highest BCUT2D eigenvalue weighted by molar-refractivity contribution is 5.96. The molecule has 0 fully saturated rings. The number of aliphatic hydroxyl groups is 1. The van der Waals surface area contributed by atoms with Crippen molar-refractivity contribution in [2.75, 3.05) is 0 Å². The highest BCUT2D eigenvalue weighted by Gasteiger charge is 2.34. The molecule has 0 unspecified atom stereocenters. The fourth-order valence-electron chi connectivity index (χ4n) is 2.49. The standard InChI is InChI=1S/C14H18N4O3.H2/c1-7(2)17-6-8-11(13(17)20)15-10-5-9(14(3,4)21)16-18(10)12(8)19;/h5,7,16,21H,6H2,1-4H3;1H. The van der Waals surface area contributed by atoms with Crippen molar-refractivity contribution in [3.8, 4) is 0 Å². The van der Waals surface area contributed by atoms with E-state index in [1.165, 1.54) is 4.52 Å². The van der Waals surface area contributed by atoms with E-state index < -0.39 is 5.60 Å². The van der Waals surface area contributed by atoms with Crippen LogP contribution in [-0.2, 0) is 12.1 Å². The second-order valence-electron chi connectivity index (χ2n) is 6.19. The molecule has 2 N–H and O–H groups in total. The van der Waals surface area contributed by atoms with Crippen LogP contribution in [0.15, 0.2) is 10.9 Å². The van der Waals surface area contributed by atoms with E-state index in [2.05, 4.69) is 10.1 Å². The van der Waals surface area contributed by atoms with E-state index in [-0.39, 0.29) is 31.2 Å².